The van der Waals surface area contributed by atoms with Crippen molar-refractivity contribution < 1.29 is 33.6 Å². The number of anilines is 1. The van der Waals surface area contributed by atoms with Crippen LogP contribution in [0.2, 0.25) is 0 Å². The maximum Gasteiger partial charge on any atom is 0.508 e. The second-order valence-electron chi connectivity index (χ2n) is 8.16. The molecule has 1 aromatic carbocycles. The number of carbonyl (C=O) groups is 3. The molecule has 3 rings (SSSR count). The van der Waals surface area contributed by atoms with Crippen LogP contribution in [0.25, 0.3) is 0 Å². The Labute approximate surface area is 209 Å². The molecule has 0 saturated heterocycles. The summed E-state index contributed by atoms with van der Waals surface area (Å²) in [5.41, 5.74) is 0.777. The molecule has 1 unspecified atom stereocenters. The summed E-state index contributed by atoms with van der Waals surface area (Å²) >= 11 is 0. The summed E-state index contributed by atoms with van der Waals surface area (Å²) in [4.78, 5) is 42.4. The summed E-state index contributed by atoms with van der Waals surface area (Å²) in [6.07, 6.45) is 3.33. The van der Waals surface area contributed by atoms with Crippen LogP contribution in [0.5, 0.6) is 0 Å². The van der Waals surface area contributed by atoms with Crippen molar-refractivity contribution >= 4 is 29.4 Å². The van der Waals surface area contributed by atoms with Crippen LogP contribution in [0.4, 0.5) is 10.5 Å². The molecule has 0 bridgehead atoms. The predicted octanol–water partition coefficient (Wildman–Crippen LogP) is 3.96. The van der Waals surface area contributed by atoms with Gasteiger partial charge >= 0.3 is 18.0 Å². The van der Waals surface area contributed by atoms with Crippen molar-refractivity contribution in [3.63, 3.8) is 0 Å². The highest BCUT2D eigenvalue weighted by Crippen LogP contribution is 2.29. The molecule has 1 aliphatic rings. The average Bonchev–Trinajstić information content (AvgIpc) is 2.90. The molecule has 0 fully saturated rings. The first-order valence-electron chi connectivity index (χ1n) is 11.9. The zero-order valence-electron chi connectivity index (χ0n) is 20.6. The number of hydrogen-bond acceptors (Lipinski definition) is 8. The van der Waals surface area contributed by atoms with E-state index in [1.807, 2.05) is 13.8 Å². The Bertz CT molecular complexity index is 1150. The lowest BCUT2D eigenvalue weighted by molar-refractivity contribution is -0.858. The topological polar surface area (TPSA) is 127 Å². The standard InChI is InChI=1S/C26H30N4O6/c1-4-20(5-2)36-26(34)35-16-15-30(6-3)24(31)23(28-19-13-10-14-27-17-19)21(25(32)33)22(29-30)18-11-8-7-9-12-18/h7-14,17,20H,4-6,15-16H2,1-3H3,(H-,28,29,32,33)/p+1. The summed E-state index contributed by atoms with van der Waals surface area (Å²) in [5, 5.41) is 17.7. The van der Waals surface area contributed by atoms with E-state index in [1.165, 1.54) is 6.20 Å². The third kappa shape index (κ3) is 5.95. The quantitative estimate of drug-likeness (QED) is 0.354. The van der Waals surface area contributed by atoms with Crippen molar-refractivity contribution in [2.45, 2.75) is 39.7 Å². The van der Waals surface area contributed by atoms with Crippen molar-refractivity contribution in [1.29, 1.82) is 0 Å². The number of carbonyl (C=O) groups excluding carboxylic acids is 2. The predicted molar refractivity (Wildman–Crippen MR) is 133 cm³/mol. The van der Waals surface area contributed by atoms with Gasteiger partial charge in [-0.15, -0.1) is 4.59 Å². The summed E-state index contributed by atoms with van der Waals surface area (Å²) in [5.74, 6) is -1.85. The Morgan fingerprint density at radius 3 is 2.39 bits per heavy atom. The Hall–Kier alpha value is -4.05. The normalized spacial score (nSPS) is 17.6. The number of aliphatic carboxylic acids is 1. The minimum absolute atomic E-state index is 0.00516. The van der Waals surface area contributed by atoms with E-state index in [9.17, 15) is 19.5 Å². The lowest BCUT2D eigenvalue weighted by Crippen LogP contribution is -2.55. The van der Waals surface area contributed by atoms with Crippen LogP contribution in [0.1, 0.15) is 39.2 Å². The highest BCUT2D eigenvalue weighted by molar-refractivity contribution is 6.30. The van der Waals surface area contributed by atoms with Crippen LogP contribution in [-0.4, -0.2) is 64.2 Å². The first kappa shape index (κ1) is 26.6. The second-order valence-corrected chi connectivity index (χ2v) is 8.16. The third-order valence-corrected chi connectivity index (χ3v) is 5.94. The van der Waals surface area contributed by atoms with Gasteiger partial charge in [0.25, 0.3) is 0 Å². The number of nitrogens with one attached hydrogen (secondary N) is 1. The van der Waals surface area contributed by atoms with Crippen LogP contribution < -0.4 is 5.32 Å². The van der Waals surface area contributed by atoms with Gasteiger partial charge in [-0.2, -0.15) is 0 Å². The van der Waals surface area contributed by atoms with Gasteiger partial charge in [-0.1, -0.05) is 49.3 Å². The van der Waals surface area contributed by atoms with Gasteiger partial charge in [0.05, 0.1) is 11.9 Å². The van der Waals surface area contributed by atoms with Gasteiger partial charge < -0.3 is 19.9 Å². The molecule has 0 spiro atoms. The van der Waals surface area contributed by atoms with Crippen molar-refractivity contribution in [1.82, 2.24) is 4.98 Å². The Morgan fingerprint density at radius 1 is 1.08 bits per heavy atom. The first-order valence-corrected chi connectivity index (χ1v) is 11.9. The Balaban J connectivity index is 2.00. The molecular weight excluding hydrogens is 464 g/mol. The minimum atomic E-state index is -1.30. The number of quaternary nitrogens is 1. The number of amides is 1. The highest BCUT2D eigenvalue weighted by Gasteiger charge is 2.47. The van der Waals surface area contributed by atoms with Crippen molar-refractivity contribution in [3.05, 3.63) is 71.7 Å². The molecule has 1 aromatic heterocycles. The molecule has 36 heavy (non-hydrogen) atoms. The lowest BCUT2D eigenvalue weighted by atomic mass is 9.98. The molecule has 1 atom stereocenters. The number of carboxylic acids is 1. The van der Waals surface area contributed by atoms with Crippen LogP contribution in [0, 0.1) is 0 Å². The highest BCUT2D eigenvalue weighted by atomic mass is 16.7. The maximum absolute atomic E-state index is 13.8. The van der Waals surface area contributed by atoms with Gasteiger partial charge in [0.15, 0.2) is 5.70 Å². The molecule has 10 nitrogen and oxygen atoms in total. The molecule has 190 valence electrons. The summed E-state index contributed by atoms with van der Waals surface area (Å²) < 4.78 is 10.0. The fourth-order valence-corrected chi connectivity index (χ4v) is 3.85. The molecule has 0 radical (unpaired) electrons. The zero-order valence-corrected chi connectivity index (χ0v) is 20.6. The van der Waals surface area contributed by atoms with Crippen molar-refractivity contribution in [2.24, 2.45) is 5.10 Å². The number of likely N-dealkylation sites (N-methyl/N-ethyl adjacent to an activating group) is 1. The number of hydrogen-bond donors (Lipinski definition) is 2. The summed E-state index contributed by atoms with van der Waals surface area (Å²) in [7, 11) is 0. The number of nitrogens with zero attached hydrogens (tertiary/aromatic N) is 3. The molecule has 0 aliphatic carbocycles. The molecular formula is C26H31N4O6+. The van der Waals surface area contributed by atoms with E-state index in [-0.39, 0.29) is 42.8 Å². The molecule has 0 saturated carbocycles. The van der Waals surface area contributed by atoms with Crippen LogP contribution in [0.3, 0.4) is 0 Å². The molecule has 1 aliphatic heterocycles. The van der Waals surface area contributed by atoms with Gasteiger partial charge in [0, 0.05) is 11.8 Å². The number of carboxylic acid groups (broad SMARTS) is 1. The number of aromatic nitrogens is 1. The SMILES string of the molecule is CCC(CC)OC(=O)OCC[N+]1(CC)N=C(c2ccccc2)C(C(=O)O)=C(Nc2cccnc2)C1=O. The van der Waals surface area contributed by atoms with E-state index in [4.69, 9.17) is 9.47 Å². The summed E-state index contributed by atoms with van der Waals surface area (Å²) in [6.45, 7) is 5.63. The molecule has 2 N–H and O–H groups in total. The summed E-state index contributed by atoms with van der Waals surface area (Å²) in [6, 6.07) is 12.1. The largest absolute Gasteiger partial charge is 0.508 e. The lowest BCUT2D eigenvalue weighted by Gasteiger charge is -2.33. The van der Waals surface area contributed by atoms with E-state index in [2.05, 4.69) is 15.4 Å². The molecule has 10 heteroatoms. The van der Waals surface area contributed by atoms with Crippen molar-refractivity contribution in [3.8, 4) is 0 Å². The Kier molecular flexibility index (Phi) is 8.91. The molecule has 2 aromatic rings. The monoisotopic (exact) mass is 495 g/mol. The van der Waals surface area contributed by atoms with Gasteiger partial charge in [-0.05, 0) is 31.9 Å². The maximum atomic E-state index is 13.8. The Morgan fingerprint density at radius 2 is 1.81 bits per heavy atom. The number of rotatable bonds is 11. The van der Waals surface area contributed by atoms with E-state index in [0.717, 1.165) is 0 Å². The van der Waals surface area contributed by atoms with Gasteiger partial charge in [-0.25, -0.2) is 14.4 Å². The van der Waals surface area contributed by atoms with Gasteiger partial charge in [0.2, 0.25) is 0 Å². The molecule has 1 amide bonds. The van der Waals surface area contributed by atoms with Gasteiger partial charge in [0.1, 0.15) is 37.1 Å². The average molecular weight is 496 g/mol. The molecule has 2 heterocycles. The smallest absolute Gasteiger partial charge is 0.478 e. The van der Waals surface area contributed by atoms with E-state index in [1.54, 1.807) is 55.6 Å². The van der Waals surface area contributed by atoms with E-state index < -0.39 is 22.6 Å². The fraction of sp³-hybridized carbons (Fsp3) is 0.346. The number of benzene rings is 1. The number of ether oxygens (including phenoxy) is 2. The van der Waals surface area contributed by atoms with Crippen molar-refractivity contribution in [2.75, 3.05) is 25.0 Å². The minimum Gasteiger partial charge on any atom is -0.478 e. The van der Waals surface area contributed by atoms with E-state index >= 15 is 0 Å². The third-order valence-electron chi connectivity index (χ3n) is 5.94. The zero-order chi connectivity index (χ0) is 26.1. The second kappa shape index (κ2) is 12.1. The fourth-order valence-electron chi connectivity index (χ4n) is 3.85. The van der Waals surface area contributed by atoms with Crippen LogP contribution in [0.15, 0.2) is 71.2 Å². The van der Waals surface area contributed by atoms with Crippen LogP contribution in [-0.2, 0) is 19.1 Å². The van der Waals surface area contributed by atoms with Gasteiger partial charge in [-0.3, -0.25) is 4.98 Å². The van der Waals surface area contributed by atoms with E-state index in [0.29, 0.717) is 24.1 Å². The number of pyridine rings is 1. The first-order chi connectivity index (χ1) is 17.3. The van der Waals surface area contributed by atoms with Crippen LogP contribution >= 0.6 is 0 Å².